The van der Waals surface area contributed by atoms with Crippen LogP contribution in [0.25, 0.3) is 77.9 Å². The number of fused-ring (bicyclic) bond motifs is 21. The fraction of sp³-hybridized carbons (Fsp3) is 0.143. The van der Waals surface area contributed by atoms with Crippen LogP contribution in [0.5, 0.6) is 0 Å². The summed E-state index contributed by atoms with van der Waals surface area (Å²) in [4.78, 5) is 0. The maximum absolute atomic E-state index is 2.37. The maximum atomic E-state index is 2.37. The molecule has 0 N–H and O–H groups in total. The Hall–Kier alpha value is -13.3. The quantitative estimate of drug-likeness (QED) is 0.165. The molecule has 3 unspecified atom stereocenters. The molecular formula is C119H102. The van der Waals surface area contributed by atoms with E-state index in [0.29, 0.717) is 17.8 Å². The van der Waals surface area contributed by atoms with Crippen LogP contribution in [0.3, 0.4) is 0 Å². The van der Waals surface area contributed by atoms with Crippen LogP contribution in [0.2, 0.25) is 0 Å². The molecule has 0 fully saturated rings. The molecule has 24 rings (SSSR count). The first-order chi connectivity index (χ1) is 58.3. The summed E-state index contributed by atoms with van der Waals surface area (Å²) in [6.07, 6.45) is 4.51. The number of hydrogen-bond donors (Lipinski definition) is 0. The Morgan fingerprint density at radius 2 is 0.622 bits per heavy atom. The first-order valence-electron chi connectivity index (χ1n) is 42.8. The Kier molecular flexibility index (Phi) is 21.6. The van der Waals surface area contributed by atoms with Gasteiger partial charge in [0.25, 0.3) is 0 Å². The Morgan fingerprint density at radius 1 is 0.244 bits per heavy atom. The molecule has 0 amide bonds. The van der Waals surface area contributed by atoms with Gasteiger partial charge in [-0.05, 0) is 258 Å². The molecule has 0 saturated heterocycles. The summed E-state index contributed by atoms with van der Waals surface area (Å²) in [5, 5.41) is 0. The van der Waals surface area contributed by atoms with E-state index < -0.39 is 0 Å². The van der Waals surface area contributed by atoms with Crippen LogP contribution in [-0.2, 0) is 24.7 Å². The lowest BCUT2D eigenvalue weighted by Gasteiger charge is -2.34. The first-order valence-corrected chi connectivity index (χ1v) is 42.8. The number of hydrogen-bond acceptors (Lipinski definition) is 0. The molecule has 0 heterocycles. The first kappa shape index (κ1) is 77.0. The van der Waals surface area contributed by atoms with Crippen LogP contribution in [0.4, 0.5) is 0 Å². The lowest BCUT2D eigenvalue weighted by atomic mass is 9.67. The summed E-state index contributed by atoms with van der Waals surface area (Å²) in [6.45, 7) is 19.8. The van der Waals surface area contributed by atoms with Crippen molar-refractivity contribution >= 4 is 0 Å². The zero-order valence-electron chi connectivity index (χ0n) is 70.0. The van der Waals surface area contributed by atoms with Crippen molar-refractivity contribution in [2.24, 2.45) is 0 Å². The van der Waals surface area contributed by atoms with Crippen molar-refractivity contribution in [3.8, 4) is 77.9 Å². The summed E-state index contributed by atoms with van der Waals surface area (Å²) in [6, 6.07) is 141. The largest absolute Gasteiger partial charge is 0.0713 e. The Labute approximate surface area is 706 Å². The topological polar surface area (TPSA) is 0 Å². The zero-order valence-corrected chi connectivity index (χ0v) is 70.0. The molecule has 578 valence electrons. The predicted octanol–water partition coefficient (Wildman–Crippen LogP) is 30.9. The van der Waals surface area contributed by atoms with Gasteiger partial charge in [-0.3, -0.25) is 0 Å². The molecule has 3 atom stereocenters. The average molecular weight is 1530 g/mol. The smallest absolute Gasteiger partial charge is 0.0645 e. The average Bonchev–Trinajstić information content (AvgIpc) is 1.54. The molecule has 17 aromatic rings. The van der Waals surface area contributed by atoms with Gasteiger partial charge in [0.05, 0.1) is 5.41 Å². The van der Waals surface area contributed by atoms with Crippen molar-refractivity contribution < 1.29 is 0 Å². The minimum atomic E-state index is -0.263. The minimum absolute atomic E-state index is 0.263. The third-order valence-corrected chi connectivity index (χ3v) is 25.9. The highest BCUT2D eigenvalue weighted by atomic mass is 14.5. The van der Waals surface area contributed by atoms with Crippen molar-refractivity contribution in [1.29, 1.82) is 0 Å². The van der Waals surface area contributed by atoms with E-state index in [2.05, 4.69) is 451 Å². The van der Waals surface area contributed by atoms with E-state index >= 15 is 0 Å². The van der Waals surface area contributed by atoms with Crippen LogP contribution in [0, 0.1) is 48.5 Å². The van der Waals surface area contributed by atoms with Gasteiger partial charge in [-0.2, -0.15) is 0 Å². The van der Waals surface area contributed by atoms with Gasteiger partial charge in [0, 0.05) is 17.8 Å². The van der Waals surface area contributed by atoms with Crippen LogP contribution < -0.4 is 0 Å². The maximum Gasteiger partial charge on any atom is 0.0713 e. The molecule has 119 heavy (non-hydrogen) atoms. The minimum Gasteiger partial charge on any atom is -0.0645 e. The van der Waals surface area contributed by atoms with Gasteiger partial charge in [0.1, 0.15) is 0 Å². The molecule has 0 aliphatic heterocycles. The van der Waals surface area contributed by atoms with Crippen molar-refractivity contribution in [3.63, 3.8) is 0 Å². The molecule has 0 spiro atoms. The third-order valence-electron chi connectivity index (χ3n) is 25.9. The lowest BCUT2D eigenvalue weighted by Crippen LogP contribution is -2.28. The molecular weight excluding hydrogens is 1430 g/mol. The molecule has 0 heteroatoms. The van der Waals surface area contributed by atoms with Crippen molar-refractivity contribution in [1.82, 2.24) is 0 Å². The van der Waals surface area contributed by atoms with Gasteiger partial charge in [-0.15, -0.1) is 0 Å². The summed E-state index contributed by atoms with van der Waals surface area (Å²) in [7, 11) is 0. The highest BCUT2D eigenvalue weighted by Crippen LogP contribution is 2.57. The predicted molar refractivity (Wildman–Crippen MR) is 504 cm³/mol. The van der Waals surface area contributed by atoms with E-state index in [0.717, 1.165) is 19.3 Å². The summed E-state index contributed by atoms with van der Waals surface area (Å²) >= 11 is 0. The van der Waals surface area contributed by atoms with Gasteiger partial charge < -0.3 is 0 Å². The fourth-order valence-corrected chi connectivity index (χ4v) is 20.3. The van der Waals surface area contributed by atoms with Crippen LogP contribution >= 0.6 is 0 Å². The molecule has 0 nitrogen and oxygen atoms in total. The van der Waals surface area contributed by atoms with Gasteiger partial charge in [-0.25, -0.2) is 0 Å². The molecule has 7 aliphatic rings. The molecule has 7 aliphatic carbocycles. The summed E-state index contributed by atoms with van der Waals surface area (Å²) in [5.41, 5.74) is 53.5. The second-order valence-corrected chi connectivity index (χ2v) is 33.5. The highest BCUT2D eigenvalue weighted by Gasteiger charge is 2.46. The van der Waals surface area contributed by atoms with Crippen molar-refractivity contribution in [3.05, 3.63) is 522 Å². The van der Waals surface area contributed by atoms with Crippen molar-refractivity contribution in [2.45, 2.75) is 111 Å². The van der Waals surface area contributed by atoms with E-state index in [1.807, 2.05) is 0 Å². The Morgan fingerprint density at radius 3 is 1.25 bits per heavy atom. The third kappa shape index (κ3) is 14.6. The lowest BCUT2D eigenvalue weighted by molar-refractivity contribution is 0.767. The normalized spacial score (nSPS) is 14.5. The van der Waals surface area contributed by atoms with E-state index in [1.165, 1.54) is 218 Å². The monoisotopic (exact) mass is 1530 g/mol. The SMILES string of the molecule is CCC1c2ccccc2-c2ccc(C)cc21.Cc1ccc2c(c1)C(C)c1ccccc1-2.Cc1ccc2c(c1)C(c1ccccc1)(c1ccccc1)c1ccccc1-2.Cc1ccc2c(c1)C(c1ccccc1)c1ccccc1-2.Cc1ccc2c(c1)Cc1ccccc1-2.Cc1cccc2c1-c1ccccc1C2.Cc1cccc2c1Cc1ccccc1-2. The molecule has 17 aromatic carbocycles. The highest BCUT2D eigenvalue weighted by molar-refractivity contribution is 5.88. The number of benzene rings is 17. The molecule has 0 aromatic heterocycles. The van der Waals surface area contributed by atoms with Crippen molar-refractivity contribution in [2.75, 3.05) is 0 Å². The Balaban J connectivity index is 0.0000000967. The summed E-state index contributed by atoms with van der Waals surface area (Å²) in [5.74, 6) is 1.53. The second kappa shape index (κ2) is 33.4. The van der Waals surface area contributed by atoms with Crippen LogP contribution in [-0.4, -0.2) is 0 Å². The second-order valence-electron chi connectivity index (χ2n) is 33.5. The van der Waals surface area contributed by atoms with Crippen LogP contribution in [0.15, 0.2) is 388 Å². The van der Waals surface area contributed by atoms with E-state index in [9.17, 15) is 0 Å². The van der Waals surface area contributed by atoms with Gasteiger partial charge in [-0.1, -0.05) is 430 Å². The molecule has 0 radical (unpaired) electrons. The van der Waals surface area contributed by atoms with Gasteiger partial charge in [0.15, 0.2) is 0 Å². The van der Waals surface area contributed by atoms with E-state index in [1.54, 1.807) is 0 Å². The van der Waals surface area contributed by atoms with Gasteiger partial charge >= 0.3 is 0 Å². The number of aryl methyl sites for hydroxylation is 7. The standard InChI is InChI=1S/C26H20.C20H16.C16H16.C15H14.3C14H12/c1-19-16-17-23-22-14-8-9-15-24(22)26(25(23)18-19,20-10-4-2-5-11-20)21-12-6-3-7-13-21;1-14-11-12-17-16-9-5-6-10-18(16)20(19(17)13-14)15-7-3-2-4-8-15;1-3-12-13-6-4-5-7-14(13)15-9-8-11(2)10-16(12)15;1-10-7-8-14-13-6-4-3-5-12(13)11(2)15(14)9-10;1-10-5-4-7-12-9-11-6-2-3-8-13(11)14(10)12;1-10-5-4-8-13-12-7-3-2-6-11(12)9-14(10)13;1-10-6-7-14-12(8-10)9-11-4-2-3-5-13(11)14/h2-18H,1H3;2-13,20H,1H3;4-10,12H,3H2,1-2H3;3-9,11H,1-2H3;3*2-8H,9H2,1H3. The van der Waals surface area contributed by atoms with Gasteiger partial charge in [0.2, 0.25) is 0 Å². The molecule has 0 bridgehead atoms. The summed E-state index contributed by atoms with van der Waals surface area (Å²) < 4.78 is 0. The number of rotatable bonds is 4. The zero-order chi connectivity index (χ0) is 81.3. The molecule has 0 saturated carbocycles. The fourth-order valence-electron chi connectivity index (χ4n) is 20.3. The Bertz CT molecular complexity index is 6560. The van der Waals surface area contributed by atoms with Crippen LogP contribution in [0.1, 0.15) is 172 Å². The van der Waals surface area contributed by atoms with E-state index in [4.69, 9.17) is 0 Å². The van der Waals surface area contributed by atoms with E-state index in [-0.39, 0.29) is 5.41 Å².